The number of benzene rings is 6. The summed E-state index contributed by atoms with van der Waals surface area (Å²) in [6.45, 7) is 11.2. The van der Waals surface area contributed by atoms with Crippen molar-refractivity contribution < 1.29 is 0 Å². The Bertz CT molecular complexity index is 2640. The molecule has 0 saturated carbocycles. The number of nitrogens with one attached hydrogen (secondary N) is 2. The fourth-order valence-electron chi connectivity index (χ4n) is 7.64. The third kappa shape index (κ3) is 8.29. The van der Waals surface area contributed by atoms with Crippen molar-refractivity contribution in [1.29, 1.82) is 0 Å². The van der Waals surface area contributed by atoms with Crippen LogP contribution >= 0.6 is 0 Å². The number of hydrogen-bond donors (Lipinski definition) is 2. The number of allylic oxidation sites excluding steroid dienone is 12. The van der Waals surface area contributed by atoms with Gasteiger partial charge in [0.25, 0.3) is 0 Å². The summed E-state index contributed by atoms with van der Waals surface area (Å²) < 4.78 is 0. The monoisotopic (exact) mass is 737 g/mol. The second-order valence-corrected chi connectivity index (χ2v) is 14.4. The molecule has 2 aliphatic heterocycles. The molecule has 0 aliphatic carbocycles. The van der Waals surface area contributed by atoms with Crippen molar-refractivity contribution >= 4 is 55.9 Å². The van der Waals surface area contributed by atoms with Crippen molar-refractivity contribution in [2.75, 3.05) is 15.5 Å². The van der Waals surface area contributed by atoms with Crippen LogP contribution in [-0.2, 0) is 6.42 Å². The van der Waals surface area contributed by atoms with Gasteiger partial charge in [-0.15, -0.1) is 0 Å². The maximum absolute atomic E-state index is 4.60. The Labute approximate surface area is 337 Å². The summed E-state index contributed by atoms with van der Waals surface area (Å²) in [6, 6.07) is 45.6. The lowest BCUT2D eigenvalue weighted by Gasteiger charge is -2.27. The molecule has 2 N–H and O–H groups in total. The Morgan fingerprint density at radius 1 is 0.772 bits per heavy atom. The van der Waals surface area contributed by atoms with Crippen LogP contribution in [0.3, 0.4) is 0 Å². The van der Waals surface area contributed by atoms with Crippen LogP contribution in [0.25, 0.3) is 38.6 Å². The van der Waals surface area contributed by atoms with Crippen LogP contribution in [0.1, 0.15) is 42.0 Å². The summed E-state index contributed by atoms with van der Waals surface area (Å²) in [6.07, 6.45) is 25.9. The summed E-state index contributed by atoms with van der Waals surface area (Å²) in [5.74, 6) is 0. The SMILES string of the molecule is C=C(/C=C(\C=C/C)c1ccc2c(c1)C(=C)CC/C=C\N2c1ccc(-c2cccc3ccccc23)cc1)c1ccccc1Nc1ccc2c(c1)C\C=C/C=C\C=C\N2. The van der Waals surface area contributed by atoms with Gasteiger partial charge in [0, 0.05) is 46.3 Å². The van der Waals surface area contributed by atoms with Gasteiger partial charge in [-0.3, -0.25) is 0 Å². The van der Waals surface area contributed by atoms with Gasteiger partial charge in [0.15, 0.2) is 0 Å². The van der Waals surface area contributed by atoms with Crippen LogP contribution in [0.4, 0.5) is 28.4 Å². The zero-order chi connectivity index (χ0) is 39.0. The van der Waals surface area contributed by atoms with E-state index in [9.17, 15) is 0 Å². The molecular weight excluding hydrogens is 691 g/mol. The minimum Gasteiger partial charge on any atom is -0.361 e. The van der Waals surface area contributed by atoms with Crippen molar-refractivity contribution in [3.05, 3.63) is 230 Å². The Hall–Kier alpha value is -7.10. The Morgan fingerprint density at radius 3 is 2.49 bits per heavy atom. The van der Waals surface area contributed by atoms with Gasteiger partial charge < -0.3 is 15.5 Å². The van der Waals surface area contributed by atoms with E-state index in [2.05, 4.69) is 206 Å². The van der Waals surface area contributed by atoms with Crippen LogP contribution in [-0.4, -0.2) is 0 Å². The van der Waals surface area contributed by atoms with Crippen LogP contribution < -0.4 is 15.5 Å². The molecule has 0 unspecified atom stereocenters. The molecule has 2 aliphatic rings. The van der Waals surface area contributed by atoms with Gasteiger partial charge in [-0.2, -0.15) is 0 Å². The van der Waals surface area contributed by atoms with E-state index in [-0.39, 0.29) is 0 Å². The van der Waals surface area contributed by atoms with Crippen LogP contribution in [0.2, 0.25) is 0 Å². The summed E-state index contributed by atoms with van der Waals surface area (Å²) >= 11 is 0. The average molecular weight is 738 g/mol. The lowest BCUT2D eigenvalue weighted by molar-refractivity contribution is 1.04. The molecule has 0 radical (unpaired) electrons. The summed E-state index contributed by atoms with van der Waals surface area (Å²) in [5, 5.41) is 9.63. The maximum atomic E-state index is 4.60. The molecule has 0 fully saturated rings. The summed E-state index contributed by atoms with van der Waals surface area (Å²) in [5.41, 5.74) is 15.5. The summed E-state index contributed by atoms with van der Waals surface area (Å²) in [7, 11) is 0. The summed E-state index contributed by atoms with van der Waals surface area (Å²) in [4.78, 5) is 2.29. The minimum atomic E-state index is 0.833. The molecule has 6 aromatic rings. The van der Waals surface area contributed by atoms with E-state index in [1.165, 1.54) is 27.5 Å². The third-order valence-electron chi connectivity index (χ3n) is 10.6. The topological polar surface area (TPSA) is 27.3 Å². The molecule has 6 aromatic carbocycles. The number of nitrogens with zero attached hydrogens (tertiary/aromatic N) is 1. The van der Waals surface area contributed by atoms with E-state index in [0.29, 0.717) is 0 Å². The van der Waals surface area contributed by atoms with E-state index in [0.717, 1.165) is 81.1 Å². The molecule has 57 heavy (non-hydrogen) atoms. The average Bonchev–Trinajstić information content (AvgIpc) is 3.24. The highest BCUT2D eigenvalue weighted by Crippen LogP contribution is 2.40. The Balaban J connectivity index is 1.09. The van der Waals surface area contributed by atoms with E-state index in [4.69, 9.17) is 0 Å². The van der Waals surface area contributed by atoms with Gasteiger partial charge in [-0.25, -0.2) is 0 Å². The minimum absolute atomic E-state index is 0.833. The van der Waals surface area contributed by atoms with Crippen molar-refractivity contribution in [2.45, 2.75) is 26.2 Å². The largest absolute Gasteiger partial charge is 0.361 e. The molecule has 0 amide bonds. The van der Waals surface area contributed by atoms with Crippen LogP contribution in [0.5, 0.6) is 0 Å². The molecule has 0 bridgehead atoms. The second-order valence-electron chi connectivity index (χ2n) is 14.4. The van der Waals surface area contributed by atoms with Gasteiger partial charge >= 0.3 is 0 Å². The van der Waals surface area contributed by atoms with Crippen molar-refractivity contribution in [1.82, 2.24) is 0 Å². The Morgan fingerprint density at radius 2 is 1.60 bits per heavy atom. The number of para-hydroxylation sites is 1. The van der Waals surface area contributed by atoms with E-state index in [1.807, 2.05) is 24.4 Å². The van der Waals surface area contributed by atoms with E-state index < -0.39 is 0 Å². The number of rotatable bonds is 8. The fraction of sp³-hybridized carbons (Fsp3) is 0.0741. The first-order valence-electron chi connectivity index (χ1n) is 19.7. The van der Waals surface area contributed by atoms with Gasteiger partial charge in [0.2, 0.25) is 0 Å². The van der Waals surface area contributed by atoms with E-state index in [1.54, 1.807) is 0 Å². The first-order valence-corrected chi connectivity index (χ1v) is 19.7. The first-order chi connectivity index (χ1) is 28.1. The molecule has 0 spiro atoms. The first kappa shape index (κ1) is 36.9. The van der Waals surface area contributed by atoms with Gasteiger partial charge in [-0.05, 0) is 137 Å². The van der Waals surface area contributed by atoms with Crippen LogP contribution in [0.15, 0.2) is 208 Å². The normalized spacial score (nSPS) is 16.4. The highest BCUT2D eigenvalue weighted by molar-refractivity contribution is 5.97. The predicted octanol–water partition coefficient (Wildman–Crippen LogP) is 15.0. The second kappa shape index (κ2) is 17.1. The zero-order valence-corrected chi connectivity index (χ0v) is 32.5. The molecule has 0 atom stereocenters. The number of anilines is 5. The quantitative estimate of drug-likeness (QED) is 0.152. The maximum Gasteiger partial charge on any atom is 0.0530 e. The van der Waals surface area contributed by atoms with Gasteiger partial charge in [-0.1, -0.05) is 135 Å². The van der Waals surface area contributed by atoms with Crippen molar-refractivity contribution in [2.24, 2.45) is 0 Å². The molecule has 278 valence electrons. The molecular formula is C54H47N3. The molecule has 0 aromatic heterocycles. The molecule has 8 rings (SSSR count). The molecule has 3 nitrogen and oxygen atoms in total. The zero-order valence-electron chi connectivity index (χ0n) is 32.5. The van der Waals surface area contributed by atoms with Gasteiger partial charge in [0.1, 0.15) is 0 Å². The smallest absolute Gasteiger partial charge is 0.0530 e. The lowest BCUT2D eigenvalue weighted by Crippen LogP contribution is -2.12. The fourth-order valence-corrected chi connectivity index (χ4v) is 7.64. The molecule has 2 heterocycles. The molecule has 0 saturated heterocycles. The highest BCUT2D eigenvalue weighted by atomic mass is 15.1. The standard InChI is InChI=1S/C54H47N3/c1-4-17-43(36-40(3)48-22-11-12-25-53(48)56-46-29-32-52-45(37-46)20-8-6-5-7-14-34-55-52)44-28-33-54-51(38-44)39(2)18-13-15-35-57(54)47-30-26-42(27-31-47)50-24-16-21-41-19-9-10-23-49(41)50/h4-12,14-17,19,21-38,55-56H,2-3,13,18,20H2,1H3/b7-5-,8-6-,17-4-,34-14+,35-15-,43-36+. The highest BCUT2D eigenvalue weighted by Gasteiger charge is 2.18. The Kier molecular flexibility index (Phi) is 11.1. The number of fused-ring (bicyclic) bond motifs is 3. The third-order valence-corrected chi connectivity index (χ3v) is 10.6. The van der Waals surface area contributed by atoms with Crippen molar-refractivity contribution in [3.8, 4) is 11.1 Å². The van der Waals surface area contributed by atoms with Gasteiger partial charge in [0.05, 0.1) is 5.69 Å². The lowest BCUT2D eigenvalue weighted by atomic mass is 9.92. The molecule has 3 heteroatoms. The van der Waals surface area contributed by atoms with E-state index >= 15 is 0 Å². The predicted molar refractivity (Wildman–Crippen MR) is 248 cm³/mol. The van der Waals surface area contributed by atoms with Crippen molar-refractivity contribution in [3.63, 3.8) is 0 Å². The number of hydrogen-bond acceptors (Lipinski definition) is 3. The van der Waals surface area contributed by atoms with Crippen LogP contribution in [0, 0.1) is 0 Å².